The van der Waals surface area contributed by atoms with Gasteiger partial charge in [0, 0.05) is 25.4 Å². The number of alkyl halides is 2. The van der Waals surface area contributed by atoms with Crippen LogP contribution in [0.15, 0.2) is 18.2 Å². The van der Waals surface area contributed by atoms with Crippen LogP contribution in [0.2, 0.25) is 0 Å². The van der Waals surface area contributed by atoms with E-state index in [0.29, 0.717) is 19.4 Å². The van der Waals surface area contributed by atoms with Crippen LogP contribution in [0.5, 0.6) is 5.75 Å². The normalized spacial score (nSPS) is 23.9. The molecule has 3 nitrogen and oxygen atoms in total. The SMILES string of the molecule is CN1CCOc2ccc(C3(N)CCC(F)(F)CC3)cc21. The van der Waals surface area contributed by atoms with Gasteiger partial charge in [0.2, 0.25) is 5.92 Å². The van der Waals surface area contributed by atoms with Crippen LogP contribution in [-0.4, -0.2) is 26.1 Å². The van der Waals surface area contributed by atoms with E-state index in [1.165, 1.54) is 0 Å². The van der Waals surface area contributed by atoms with Gasteiger partial charge in [-0.3, -0.25) is 0 Å². The summed E-state index contributed by atoms with van der Waals surface area (Å²) < 4.78 is 32.2. The van der Waals surface area contributed by atoms with Crippen molar-refractivity contribution in [3.05, 3.63) is 23.8 Å². The predicted octanol–water partition coefficient (Wildman–Crippen LogP) is 2.88. The second-order valence-electron chi connectivity index (χ2n) is 5.96. The lowest BCUT2D eigenvalue weighted by Crippen LogP contribution is -2.43. The van der Waals surface area contributed by atoms with Crippen molar-refractivity contribution in [1.29, 1.82) is 0 Å². The number of nitrogens with two attached hydrogens (primary N) is 1. The zero-order valence-corrected chi connectivity index (χ0v) is 11.7. The zero-order valence-electron chi connectivity index (χ0n) is 11.7. The lowest BCUT2D eigenvalue weighted by Gasteiger charge is -2.38. The van der Waals surface area contributed by atoms with Crippen LogP contribution in [0.3, 0.4) is 0 Å². The minimum atomic E-state index is -2.56. The number of halogens is 2. The second-order valence-corrected chi connectivity index (χ2v) is 5.96. The van der Waals surface area contributed by atoms with Crippen molar-refractivity contribution in [2.45, 2.75) is 37.1 Å². The van der Waals surface area contributed by atoms with Gasteiger partial charge >= 0.3 is 0 Å². The van der Waals surface area contributed by atoms with E-state index in [0.717, 1.165) is 23.5 Å². The van der Waals surface area contributed by atoms with Crippen LogP contribution < -0.4 is 15.4 Å². The van der Waals surface area contributed by atoms with Crippen molar-refractivity contribution in [2.75, 3.05) is 25.1 Å². The molecule has 1 aliphatic heterocycles. The van der Waals surface area contributed by atoms with E-state index in [-0.39, 0.29) is 12.8 Å². The summed E-state index contributed by atoms with van der Waals surface area (Å²) in [5, 5.41) is 0. The fourth-order valence-corrected chi connectivity index (χ4v) is 3.01. The Balaban J connectivity index is 1.89. The number of hydrogen-bond donors (Lipinski definition) is 1. The molecule has 0 saturated heterocycles. The first-order valence-electron chi connectivity index (χ1n) is 7.05. The number of anilines is 1. The Labute approximate surface area is 117 Å². The molecule has 1 aromatic rings. The first-order chi connectivity index (χ1) is 9.40. The molecule has 1 aliphatic carbocycles. The van der Waals surface area contributed by atoms with Crippen LogP contribution >= 0.6 is 0 Å². The minimum Gasteiger partial charge on any atom is -0.490 e. The van der Waals surface area contributed by atoms with Gasteiger partial charge in [-0.05, 0) is 30.5 Å². The molecular weight excluding hydrogens is 262 g/mol. The number of benzene rings is 1. The van der Waals surface area contributed by atoms with Crippen LogP contribution in [0.25, 0.3) is 0 Å². The van der Waals surface area contributed by atoms with E-state index < -0.39 is 11.5 Å². The monoisotopic (exact) mass is 282 g/mol. The van der Waals surface area contributed by atoms with E-state index in [2.05, 4.69) is 4.90 Å². The molecule has 0 spiro atoms. The van der Waals surface area contributed by atoms with Gasteiger partial charge in [-0.15, -0.1) is 0 Å². The molecule has 0 amide bonds. The molecule has 110 valence electrons. The van der Waals surface area contributed by atoms with Gasteiger partial charge in [0.25, 0.3) is 0 Å². The standard InChI is InChI=1S/C15H20F2N2O/c1-19-8-9-20-13-3-2-11(10-12(13)19)14(18)4-6-15(16,17)7-5-14/h2-3,10H,4-9,18H2,1H3. The minimum absolute atomic E-state index is 0.132. The number of rotatable bonds is 1. The highest BCUT2D eigenvalue weighted by atomic mass is 19.3. The van der Waals surface area contributed by atoms with Crippen molar-refractivity contribution in [3.8, 4) is 5.75 Å². The molecule has 1 saturated carbocycles. The van der Waals surface area contributed by atoms with E-state index >= 15 is 0 Å². The molecule has 3 rings (SSSR count). The Morgan fingerprint density at radius 2 is 1.90 bits per heavy atom. The molecule has 2 N–H and O–H groups in total. The second kappa shape index (κ2) is 4.58. The molecule has 5 heteroatoms. The number of likely N-dealkylation sites (N-methyl/N-ethyl adjacent to an activating group) is 1. The van der Waals surface area contributed by atoms with Gasteiger partial charge in [0.1, 0.15) is 12.4 Å². The fourth-order valence-electron chi connectivity index (χ4n) is 3.01. The zero-order chi connectivity index (χ0) is 14.4. The molecule has 0 radical (unpaired) electrons. The van der Waals surface area contributed by atoms with Crippen molar-refractivity contribution in [1.82, 2.24) is 0 Å². The molecule has 1 fully saturated rings. The molecule has 0 bridgehead atoms. The Morgan fingerprint density at radius 3 is 2.60 bits per heavy atom. The molecule has 2 aliphatic rings. The van der Waals surface area contributed by atoms with E-state index in [1.54, 1.807) is 0 Å². The molecule has 0 atom stereocenters. The summed E-state index contributed by atoms with van der Waals surface area (Å²) in [5.41, 5.74) is 7.67. The highest BCUT2D eigenvalue weighted by Gasteiger charge is 2.42. The largest absolute Gasteiger partial charge is 0.490 e. The van der Waals surface area contributed by atoms with Crippen molar-refractivity contribution >= 4 is 5.69 Å². The fraction of sp³-hybridized carbons (Fsp3) is 0.600. The maximum absolute atomic E-state index is 13.3. The number of hydrogen-bond acceptors (Lipinski definition) is 3. The number of fused-ring (bicyclic) bond motifs is 1. The van der Waals surface area contributed by atoms with Crippen LogP contribution in [-0.2, 0) is 5.54 Å². The van der Waals surface area contributed by atoms with Gasteiger partial charge in [0.15, 0.2) is 0 Å². The third-order valence-corrected chi connectivity index (χ3v) is 4.50. The maximum atomic E-state index is 13.3. The molecule has 1 aromatic carbocycles. The molecule has 0 aromatic heterocycles. The average Bonchev–Trinajstić information content (AvgIpc) is 2.43. The summed E-state index contributed by atoms with van der Waals surface area (Å²) in [6.07, 6.45) is 0.382. The first-order valence-corrected chi connectivity index (χ1v) is 7.05. The number of nitrogens with zero attached hydrogens (tertiary/aromatic N) is 1. The lowest BCUT2D eigenvalue weighted by atomic mass is 9.76. The van der Waals surface area contributed by atoms with Crippen molar-refractivity contribution in [3.63, 3.8) is 0 Å². The lowest BCUT2D eigenvalue weighted by molar-refractivity contribution is -0.0514. The average molecular weight is 282 g/mol. The third kappa shape index (κ3) is 2.35. The Bertz CT molecular complexity index is 509. The van der Waals surface area contributed by atoms with Gasteiger partial charge in [0.05, 0.1) is 12.2 Å². The van der Waals surface area contributed by atoms with Crippen LogP contribution in [0.4, 0.5) is 14.5 Å². The molecular formula is C15H20F2N2O. The Kier molecular flexibility index (Phi) is 3.12. The van der Waals surface area contributed by atoms with E-state index in [4.69, 9.17) is 10.5 Å². The van der Waals surface area contributed by atoms with Gasteiger partial charge < -0.3 is 15.4 Å². The Morgan fingerprint density at radius 1 is 1.20 bits per heavy atom. The third-order valence-electron chi connectivity index (χ3n) is 4.50. The highest BCUT2D eigenvalue weighted by molar-refractivity contribution is 5.61. The van der Waals surface area contributed by atoms with Gasteiger partial charge in [-0.2, -0.15) is 0 Å². The summed E-state index contributed by atoms with van der Waals surface area (Å²) in [6, 6.07) is 5.82. The molecule has 0 unspecified atom stereocenters. The quantitative estimate of drug-likeness (QED) is 0.860. The summed E-state index contributed by atoms with van der Waals surface area (Å²) in [7, 11) is 2.00. The molecule has 1 heterocycles. The summed E-state index contributed by atoms with van der Waals surface area (Å²) in [5.74, 6) is -1.72. The van der Waals surface area contributed by atoms with Crippen molar-refractivity contribution < 1.29 is 13.5 Å². The highest BCUT2D eigenvalue weighted by Crippen LogP contribution is 2.44. The first kappa shape index (κ1) is 13.6. The van der Waals surface area contributed by atoms with Crippen LogP contribution in [0.1, 0.15) is 31.2 Å². The van der Waals surface area contributed by atoms with Crippen LogP contribution in [0, 0.1) is 0 Å². The summed E-state index contributed by atoms with van der Waals surface area (Å²) in [4.78, 5) is 2.11. The maximum Gasteiger partial charge on any atom is 0.248 e. The van der Waals surface area contributed by atoms with E-state index in [9.17, 15) is 8.78 Å². The number of ether oxygens (including phenoxy) is 1. The van der Waals surface area contributed by atoms with E-state index in [1.807, 2.05) is 25.2 Å². The van der Waals surface area contributed by atoms with Crippen molar-refractivity contribution in [2.24, 2.45) is 5.73 Å². The predicted molar refractivity (Wildman–Crippen MR) is 74.5 cm³/mol. The smallest absolute Gasteiger partial charge is 0.248 e. The summed E-state index contributed by atoms with van der Waals surface area (Å²) >= 11 is 0. The summed E-state index contributed by atoms with van der Waals surface area (Å²) in [6.45, 7) is 1.49. The van der Waals surface area contributed by atoms with Gasteiger partial charge in [-0.25, -0.2) is 8.78 Å². The molecule has 20 heavy (non-hydrogen) atoms. The topological polar surface area (TPSA) is 38.5 Å². The van der Waals surface area contributed by atoms with Gasteiger partial charge in [-0.1, -0.05) is 6.07 Å². The Hall–Kier alpha value is -1.36.